The topological polar surface area (TPSA) is 41.5 Å². The highest BCUT2D eigenvalue weighted by Crippen LogP contribution is 2.25. The molecule has 0 saturated heterocycles. The van der Waals surface area contributed by atoms with Crippen molar-refractivity contribution in [3.63, 3.8) is 0 Å². The van der Waals surface area contributed by atoms with Gasteiger partial charge in [-0.1, -0.05) is 22.9 Å². The molecule has 1 aromatic rings. The molecule has 1 saturated carbocycles. The Kier molecular flexibility index (Phi) is 5.03. The van der Waals surface area contributed by atoms with Crippen LogP contribution >= 0.6 is 15.9 Å². The molecule has 0 heterocycles. The SMILES string of the molecule is CCC(O)COc1ccc(Br)cc1CNC1CC1. The van der Waals surface area contributed by atoms with Crippen molar-refractivity contribution in [2.24, 2.45) is 0 Å². The van der Waals surface area contributed by atoms with Crippen LogP contribution in [0.4, 0.5) is 0 Å². The van der Waals surface area contributed by atoms with Crippen molar-refractivity contribution in [3.8, 4) is 5.75 Å². The van der Waals surface area contributed by atoms with Gasteiger partial charge in [0.25, 0.3) is 0 Å². The van der Waals surface area contributed by atoms with Crippen molar-refractivity contribution in [2.45, 2.75) is 44.9 Å². The molecule has 1 atom stereocenters. The first-order chi connectivity index (χ1) is 8.69. The average molecular weight is 314 g/mol. The molecule has 2 N–H and O–H groups in total. The van der Waals surface area contributed by atoms with E-state index in [4.69, 9.17) is 4.74 Å². The molecule has 2 rings (SSSR count). The Labute approximate surface area is 117 Å². The summed E-state index contributed by atoms with van der Waals surface area (Å²) in [7, 11) is 0. The molecular formula is C14H20BrNO2. The van der Waals surface area contributed by atoms with E-state index in [0.29, 0.717) is 19.1 Å². The van der Waals surface area contributed by atoms with Crippen molar-refractivity contribution in [1.82, 2.24) is 5.32 Å². The predicted molar refractivity (Wildman–Crippen MR) is 75.8 cm³/mol. The van der Waals surface area contributed by atoms with Gasteiger partial charge in [-0.2, -0.15) is 0 Å². The third-order valence-corrected chi connectivity index (χ3v) is 3.58. The van der Waals surface area contributed by atoms with Gasteiger partial charge < -0.3 is 15.2 Å². The lowest BCUT2D eigenvalue weighted by molar-refractivity contribution is 0.104. The van der Waals surface area contributed by atoms with E-state index in [9.17, 15) is 5.11 Å². The van der Waals surface area contributed by atoms with E-state index in [1.165, 1.54) is 12.8 Å². The Hall–Kier alpha value is -0.580. The van der Waals surface area contributed by atoms with Gasteiger partial charge in [0.2, 0.25) is 0 Å². The summed E-state index contributed by atoms with van der Waals surface area (Å²) in [4.78, 5) is 0. The van der Waals surface area contributed by atoms with Gasteiger partial charge in [-0.15, -0.1) is 0 Å². The minimum absolute atomic E-state index is 0.356. The highest BCUT2D eigenvalue weighted by Gasteiger charge is 2.20. The Bertz CT molecular complexity index is 393. The fraction of sp³-hybridized carbons (Fsp3) is 0.571. The number of aliphatic hydroxyl groups is 1. The molecule has 0 spiro atoms. The Balaban J connectivity index is 1.97. The van der Waals surface area contributed by atoms with Gasteiger partial charge in [-0.05, 0) is 37.5 Å². The molecule has 1 aliphatic rings. The van der Waals surface area contributed by atoms with Gasteiger partial charge in [0.15, 0.2) is 0 Å². The average Bonchev–Trinajstić information content (AvgIpc) is 3.18. The summed E-state index contributed by atoms with van der Waals surface area (Å²) in [5.41, 5.74) is 1.14. The molecule has 0 radical (unpaired) electrons. The molecule has 1 aromatic carbocycles. The largest absolute Gasteiger partial charge is 0.491 e. The van der Waals surface area contributed by atoms with Gasteiger partial charge >= 0.3 is 0 Å². The summed E-state index contributed by atoms with van der Waals surface area (Å²) in [6.07, 6.45) is 2.88. The second-order valence-electron chi connectivity index (χ2n) is 4.78. The molecule has 1 fully saturated rings. The molecule has 0 bridgehead atoms. The maximum atomic E-state index is 9.54. The Morgan fingerprint density at radius 1 is 1.50 bits per heavy atom. The van der Waals surface area contributed by atoms with Crippen LogP contribution in [0.25, 0.3) is 0 Å². The summed E-state index contributed by atoms with van der Waals surface area (Å²) in [6, 6.07) is 6.67. The van der Waals surface area contributed by atoms with E-state index in [-0.39, 0.29) is 0 Å². The first kappa shape index (κ1) is 13.8. The van der Waals surface area contributed by atoms with E-state index in [2.05, 4.69) is 27.3 Å². The third kappa shape index (κ3) is 4.26. The standard InChI is InChI=1S/C14H20BrNO2/c1-2-13(17)9-18-14-6-3-11(15)7-10(14)8-16-12-4-5-12/h3,6-7,12-13,16-17H,2,4-5,8-9H2,1H3. The van der Waals surface area contributed by atoms with Crippen LogP contribution in [0, 0.1) is 0 Å². The highest BCUT2D eigenvalue weighted by molar-refractivity contribution is 9.10. The molecular weight excluding hydrogens is 294 g/mol. The van der Waals surface area contributed by atoms with Crippen molar-refractivity contribution >= 4 is 15.9 Å². The molecule has 0 amide bonds. The lowest BCUT2D eigenvalue weighted by atomic mass is 10.2. The van der Waals surface area contributed by atoms with Gasteiger partial charge in [0.05, 0.1) is 6.10 Å². The lowest BCUT2D eigenvalue weighted by Crippen LogP contribution is -2.19. The van der Waals surface area contributed by atoms with Crippen molar-refractivity contribution in [1.29, 1.82) is 0 Å². The van der Waals surface area contributed by atoms with E-state index < -0.39 is 6.10 Å². The quantitative estimate of drug-likeness (QED) is 0.813. The smallest absolute Gasteiger partial charge is 0.124 e. The molecule has 18 heavy (non-hydrogen) atoms. The molecule has 3 nitrogen and oxygen atoms in total. The Morgan fingerprint density at radius 3 is 2.94 bits per heavy atom. The second-order valence-corrected chi connectivity index (χ2v) is 5.70. The first-order valence-corrected chi connectivity index (χ1v) is 7.31. The number of hydrogen-bond donors (Lipinski definition) is 2. The third-order valence-electron chi connectivity index (χ3n) is 3.08. The van der Waals surface area contributed by atoms with Crippen LogP contribution in [0.5, 0.6) is 5.75 Å². The molecule has 0 aromatic heterocycles. The van der Waals surface area contributed by atoms with Crippen LogP contribution < -0.4 is 10.1 Å². The van der Waals surface area contributed by atoms with Crippen LogP contribution in [0.1, 0.15) is 31.7 Å². The van der Waals surface area contributed by atoms with Gasteiger partial charge in [-0.3, -0.25) is 0 Å². The number of ether oxygens (including phenoxy) is 1. The minimum atomic E-state index is -0.391. The van der Waals surface area contributed by atoms with Gasteiger partial charge in [0.1, 0.15) is 12.4 Å². The molecule has 0 aliphatic heterocycles. The van der Waals surface area contributed by atoms with E-state index in [1.807, 2.05) is 19.1 Å². The fourth-order valence-corrected chi connectivity index (χ4v) is 2.08. The molecule has 100 valence electrons. The maximum Gasteiger partial charge on any atom is 0.124 e. The van der Waals surface area contributed by atoms with Crippen molar-refractivity contribution in [2.75, 3.05) is 6.61 Å². The molecule has 4 heteroatoms. The summed E-state index contributed by atoms with van der Waals surface area (Å²) in [5, 5.41) is 13.0. The Morgan fingerprint density at radius 2 is 2.28 bits per heavy atom. The summed E-state index contributed by atoms with van der Waals surface area (Å²) >= 11 is 3.48. The number of halogens is 1. The highest BCUT2D eigenvalue weighted by atomic mass is 79.9. The normalized spacial score (nSPS) is 16.6. The van der Waals surface area contributed by atoms with Gasteiger partial charge in [0, 0.05) is 22.6 Å². The van der Waals surface area contributed by atoms with E-state index in [0.717, 1.165) is 22.3 Å². The number of hydrogen-bond acceptors (Lipinski definition) is 3. The van der Waals surface area contributed by atoms with Crippen LogP contribution in [0.15, 0.2) is 22.7 Å². The monoisotopic (exact) mass is 313 g/mol. The number of benzene rings is 1. The van der Waals surface area contributed by atoms with E-state index in [1.54, 1.807) is 0 Å². The van der Waals surface area contributed by atoms with Crippen molar-refractivity contribution < 1.29 is 9.84 Å². The maximum absolute atomic E-state index is 9.54. The van der Waals surface area contributed by atoms with Crippen molar-refractivity contribution in [3.05, 3.63) is 28.2 Å². The number of rotatable bonds is 7. The summed E-state index contributed by atoms with van der Waals surface area (Å²) < 4.78 is 6.74. The van der Waals surface area contributed by atoms with Crippen LogP contribution in [0.2, 0.25) is 0 Å². The summed E-state index contributed by atoms with van der Waals surface area (Å²) in [5.74, 6) is 0.860. The zero-order chi connectivity index (χ0) is 13.0. The van der Waals surface area contributed by atoms with Crippen LogP contribution in [0.3, 0.4) is 0 Å². The zero-order valence-electron chi connectivity index (χ0n) is 10.7. The van der Waals surface area contributed by atoms with Crippen LogP contribution in [-0.2, 0) is 6.54 Å². The summed E-state index contributed by atoms with van der Waals surface area (Å²) in [6.45, 7) is 3.13. The first-order valence-electron chi connectivity index (χ1n) is 6.51. The van der Waals surface area contributed by atoms with E-state index >= 15 is 0 Å². The molecule has 1 aliphatic carbocycles. The fourth-order valence-electron chi connectivity index (χ4n) is 1.67. The second kappa shape index (κ2) is 6.55. The number of aliphatic hydroxyl groups excluding tert-OH is 1. The van der Waals surface area contributed by atoms with Gasteiger partial charge in [-0.25, -0.2) is 0 Å². The number of nitrogens with one attached hydrogen (secondary N) is 1. The minimum Gasteiger partial charge on any atom is -0.491 e. The zero-order valence-corrected chi connectivity index (χ0v) is 12.2. The predicted octanol–water partition coefficient (Wildman–Crippen LogP) is 2.85. The van der Waals surface area contributed by atoms with Crippen LogP contribution in [-0.4, -0.2) is 23.9 Å². The molecule has 1 unspecified atom stereocenters. The lowest BCUT2D eigenvalue weighted by Gasteiger charge is -2.14.